The predicted octanol–water partition coefficient (Wildman–Crippen LogP) is 4.54. The zero-order chi connectivity index (χ0) is 19.6. The van der Waals surface area contributed by atoms with Crippen LogP contribution >= 0.6 is 11.6 Å². The molecule has 27 heavy (non-hydrogen) atoms. The summed E-state index contributed by atoms with van der Waals surface area (Å²) in [4.78, 5) is 0. The van der Waals surface area contributed by atoms with Crippen molar-refractivity contribution in [3.63, 3.8) is 0 Å². The molecule has 142 valence electrons. The van der Waals surface area contributed by atoms with Gasteiger partial charge in [0.15, 0.2) is 11.5 Å². The molecule has 0 bridgehead atoms. The number of benzene rings is 2. The van der Waals surface area contributed by atoms with Crippen molar-refractivity contribution in [3.8, 4) is 17.2 Å². The average molecular weight is 390 g/mol. The van der Waals surface area contributed by atoms with E-state index in [1.807, 2.05) is 19.9 Å². The van der Waals surface area contributed by atoms with Crippen molar-refractivity contribution in [1.82, 2.24) is 15.1 Å². The van der Waals surface area contributed by atoms with Gasteiger partial charge < -0.3 is 15.2 Å². The van der Waals surface area contributed by atoms with E-state index < -0.39 is 0 Å². The number of aromatic hydroxyl groups is 1. The van der Waals surface area contributed by atoms with Gasteiger partial charge in [0.1, 0.15) is 5.82 Å². The van der Waals surface area contributed by atoms with Crippen molar-refractivity contribution >= 4 is 11.6 Å². The first-order chi connectivity index (χ1) is 12.9. The Morgan fingerprint density at radius 1 is 1.33 bits per heavy atom. The number of phenols is 1. The van der Waals surface area contributed by atoms with Gasteiger partial charge in [0.25, 0.3) is 0 Å². The van der Waals surface area contributed by atoms with Crippen molar-refractivity contribution in [1.29, 1.82) is 0 Å². The van der Waals surface area contributed by atoms with Crippen molar-refractivity contribution in [2.75, 3.05) is 7.11 Å². The molecule has 0 radical (unpaired) electrons. The summed E-state index contributed by atoms with van der Waals surface area (Å²) in [5, 5.41) is 17.9. The summed E-state index contributed by atoms with van der Waals surface area (Å²) in [6.07, 6.45) is 1.78. The highest BCUT2D eigenvalue weighted by Gasteiger charge is 2.15. The monoisotopic (exact) mass is 389 g/mol. The molecule has 3 aromatic rings. The van der Waals surface area contributed by atoms with Crippen LogP contribution in [0.25, 0.3) is 5.69 Å². The summed E-state index contributed by atoms with van der Waals surface area (Å²) >= 11 is 6.04. The van der Waals surface area contributed by atoms with Crippen LogP contribution in [0.3, 0.4) is 0 Å². The maximum atomic E-state index is 13.5. The lowest BCUT2D eigenvalue weighted by molar-refractivity contribution is 0.373. The minimum atomic E-state index is -0.298. The molecule has 5 nitrogen and oxygen atoms in total. The SMILES string of the molecule is COc1cc(CN[C@H](C)c2cnn(-c3cccc(F)c3)c2C)cc(Cl)c1O. The van der Waals surface area contributed by atoms with E-state index in [4.69, 9.17) is 16.3 Å². The molecule has 0 fully saturated rings. The maximum Gasteiger partial charge on any atom is 0.176 e. The lowest BCUT2D eigenvalue weighted by Gasteiger charge is -2.15. The fraction of sp³-hybridized carbons (Fsp3) is 0.250. The quantitative estimate of drug-likeness (QED) is 0.650. The molecule has 0 unspecified atom stereocenters. The maximum absolute atomic E-state index is 13.5. The van der Waals surface area contributed by atoms with Gasteiger partial charge in [0.2, 0.25) is 0 Å². The van der Waals surface area contributed by atoms with Crippen molar-refractivity contribution in [2.45, 2.75) is 26.4 Å². The first-order valence-corrected chi connectivity index (χ1v) is 8.87. The molecular formula is C20H21ClFN3O2. The van der Waals surface area contributed by atoms with Gasteiger partial charge in [-0.25, -0.2) is 9.07 Å². The van der Waals surface area contributed by atoms with Gasteiger partial charge in [-0.05, 0) is 49.7 Å². The Kier molecular flexibility index (Phi) is 5.68. The van der Waals surface area contributed by atoms with Gasteiger partial charge in [0, 0.05) is 23.8 Å². The Morgan fingerprint density at radius 3 is 2.81 bits per heavy atom. The Morgan fingerprint density at radius 2 is 2.11 bits per heavy atom. The summed E-state index contributed by atoms with van der Waals surface area (Å²) in [5.74, 6) is -0.0292. The standard InChI is InChI=1S/C20H21ClFN3O2/c1-12(23-10-14-7-18(21)20(26)19(8-14)27-3)17-11-24-25(13(17)2)16-6-4-5-15(22)9-16/h4-9,11-12,23,26H,10H2,1-3H3/t12-/m1/s1. The van der Waals surface area contributed by atoms with E-state index >= 15 is 0 Å². The molecule has 2 N–H and O–H groups in total. The fourth-order valence-corrected chi connectivity index (χ4v) is 3.21. The van der Waals surface area contributed by atoms with Crippen molar-refractivity contribution in [3.05, 3.63) is 70.3 Å². The normalized spacial score (nSPS) is 12.2. The second kappa shape index (κ2) is 7.98. The lowest BCUT2D eigenvalue weighted by Crippen LogP contribution is -2.18. The molecular weight excluding hydrogens is 369 g/mol. The topological polar surface area (TPSA) is 59.3 Å². The molecule has 1 atom stereocenters. The number of phenolic OH excluding ortho intramolecular Hbond substituents is 1. The van der Waals surface area contributed by atoms with Gasteiger partial charge in [-0.1, -0.05) is 17.7 Å². The van der Waals surface area contributed by atoms with Gasteiger partial charge in [-0.3, -0.25) is 0 Å². The average Bonchev–Trinajstić information content (AvgIpc) is 3.03. The van der Waals surface area contributed by atoms with Crippen molar-refractivity contribution in [2.24, 2.45) is 0 Å². The molecule has 1 heterocycles. The number of ether oxygens (including phenoxy) is 1. The Hall–Kier alpha value is -2.57. The molecule has 0 aliphatic heterocycles. The third kappa shape index (κ3) is 4.07. The van der Waals surface area contributed by atoms with E-state index in [9.17, 15) is 9.50 Å². The third-order valence-electron chi connectivity index (χ3n) is 4.49. The Bertz CT molecular complexity index is 958. The molecule has 1 aromatic heterocycles. The van der Waals surface area contributed by atoms with Crippen LogP contribution in [-0.2, 0) is 6.54 Å². The minimum Gasteiger partial charge on any atom is -0.503 e. The number of nitrogens with zero attached hydrogens (tertiary/aromatic N) is 2. The number of halogens is 2. The van der Waals surface area contributed by atoms with Crippen LogP contribution in [0.1, 0.15) is 29.8 Å². The summed E-state index contributed by atoms with van der Waals surface area (Å²) < 4.78 is 20.3. The largest absolute Gasteiger partial charge is 0.503 e. The highest BCUT2D eigenvalue weighted by atomic mass is 35.5. The van der Waals surface area contributed by atoms with Gasteiger partial charge in [0.05, 0.1) is 24.0 Å². The van der Waals surface area contributed by atoms with E-state index in [0.29, 0.717) is 18.0 Å². The smallest absolute Gasteiger partial charge is 0.176 e. The molecule has 0 aliphatic rings. The second-order valence-corrected chi connectivity index (χ2v) is 6.72. The summed E-state index contributed by atoms with van der Waals surface area (Å²) in [5.41, 5.74) is 3.51. The first kappa shape index (κ1) is 19.2. The molecule has 3 rings (SSSR count). The van der Waals surface area contributed by atoms with Crippen molar-refractivity contribution < 1.29 is 14.2 Å². The van der Waals surface area contributed by atoms with E-state index in [1.54, 1.807) is 29.1 Å². The number of hydrogen-bond donors (Lipinski definition) is 2. The number of methoxy groups -OCH3 is 1. The molecule has 2 aromatic carbocycles. The number of rotatable bonds is 6. The van der Waals surface area contributed by atoms with Crippen LogP contribution in [0, 0.1) is 12.7 Å². The fourth-order valence-electron chi connectivity index (χ4n) is 2.98. The van der Waals surface area contributed by atoms with E-state index in [1.165, 1.54) is 19.2 Å². The molecule has 0 saturated carbocycles. The molecule has 0 saturated heterocycles. The van der Waals surface area contributed by atoms with E-state index in [2.05, 4.69) is 10.4 Å². The van der Waals surface area contributed by atoms with Crippen LogP contribution in [0.4, 0.5) is 4.39 Å². The lowest BCUT2D eigenvalue weighted by atomic mass is 10.1. The van der Waals surface area contributed by atoms with Crippen LogP contribution in [-0.4, -0.2) is 22.0 Å². The molecule has 0 aliphatic carbocycles. The van der Waals surface area contributed by atoms with Crippen LogP contribution < -0.4 is 10.1 Å². The summed E-state index contributed by atoms with van der Waals surface area (Å²) in [7, 11) is 1.48. The summed E-state index contributed by atoms with van der Waals surface area (Å²) in [6, 6.07) is 9.78. The minimum absolute atomic E-state index is 0.00545. The Labute approximate surface area is 162 Å². The zero-order valence-electron chi connectivity index (χ0n) is 15.3. The highest BCUT2D eigenvalue weighted by molar-refractivity contribution is 6.32. The summed E-state index contributed by atoms with van der Waals surface area (Å²) in [6.45, 7) is 4.51. The van der Waals surface area contributed by atoms with E-state index in [0.717, 1.165) is 16.8 Å². The number of aromatic nitrogens is 2. The van der Waals surface area contributed by atoms with Gasteiger partial charge in [-0.2, -0.15) is 5.10 Å². The predicted molar refractivity (Wildman–Crippen MR) is 103 cm³/mol. The van der Waals surface area contributed by atoms with E-state index in [-0.39, 0.29) is 22.6 Å². The molecule has 7 heteroatoms. The second-order valence-electron chi connectivity index (χ2n) is 6.31. The molecule has 0 amide bonds. The zero-order valence-corrected chi connectivity index (χ0v) is 16.1. The highest BCUT2D eigenvalue weighted by Crippen LogP contribution is 2.35. The Balaban J connectivity index is 1.76. The van der Waals surface area contributed by atoms with Crippen LogP contribution in [0.15, 0.2) is 42.6 Å². The van der Waals surface area contributed by atoms with Gasteiger partial charge in [-0.15, -0.1) is 0 Å². The first-order valence-electron chi connectivity index (χ1n) is 8.50. The number of hydrogen-bond acceptors (Lipinski definition) is 4. The van der Waals surface area contributed by atoms with Crippen LogP contribution in [0.5, 0.6) is 11.5 Å². The number of nitrogens with one attached hydrogen (secondary N) is 1. The van der Waals surface area contributed by atoms with Gasteiger partial charge >= 0.3 is 0 Å². The molecule has 0 spiro atoms. The van der Waals surface area contributed by atoms with Crippen LogP contribution in [0.2, 0.25) is 5.02 Å². The third-order valence-corrected chi connectivity index (χ3v) is 4.78.